The van der Waals surface area contributed by atoms with Crippen molar-refractivity contribution in [3.8, 4) is 11.5 Å². The van der Waals surface area contributed by atoms with Crippen LogP contribution in [0.2, 0.25) is 0 Å². The summed E-state index contributed by atoms with van der Waals surface area (Å²) < 4.78 is 38.5. The second-order valence-corrected chi connectivity index (χ2v) is 7.21. The molecule has 2 aromatic rings. The molecule has 40 heavy (non-hydrogen) atoms. The molecule has 18 heteroatoms. The molecule has 0 unspecified atom stereocenters. The van der Waals surface area contributed by atoms with E-state index in [0.717, 1.165) is 46.2 Å². The zero-order valence-corrected chi connectivity index (χ0v) is 35.1. The van der Waals surface area contributed by atoms with E-state index < -0.39 is 61.7 Å². The van der Waals surface area contributed by atoms with Gasteiger partial charge >= 0.3 is 23.9 Å². The molecule has 0 aliphatic rings. The van der Waals surface area contributed by atoms with Crippen LogP contribution in [-0.4, -0.2) is 289 Å². The Balaban J connectivity index is -0.00000342. The minimum Gasteiger partial charge on any atom is -0.488 e. The molecule has 0 fully saturated rings. The molecule has 0 spiro atoms. The van der Waals surface area contributed by atoms with Crippen LogP contribution in [0.4, 0.5) is 20.2 Å². The molecule has 2 aromatic carbocycles. The predicted octanol–water partition coefficient (Wildman–Crippen LogP) is -0.149. The van der Waals surface area contributed by atoms with E-state index in [0.29, 0.717) is 0 Å². The molecule has 0 saturated carbocycles. The Labute approximate surface area is 398 Å². The van der Waals surface area contributed by atoms with E-state index in [2.05, 4.69) is 0 Å². The fourth-order valence-corrected chi connectivity index (χ4v) is 3.14. The van der Waals surface area contributed by atoms with Crippen molar-refractivity contribution in [3.05, 3.63) is 48.0 Å². The Morgan fingerprint density at radius 3 is 1.10 bits per heavy atom. The van der Waals surface area contributed by atoms with Crippen LogP contribution in [0.5, 0.6) is 11.5 Å². The quantitative estimate of drug-likeness (QED) is 0.146. The van der Waals surface area contributed by atoms with Crippen molar-refractivity contribution in [2.24, 2.45) is 0 Å². The maximum absolute atomic E-state index is 13.8. The van der Waals surface area contributed by atoms with E-state index in [-0.39, 0.29) is 242 Å². The van der Waals surface area contributed by atoms with Gasteiger partial charge in [-0.2, -0.15) is 0 Å². The number of halogens is 2. The van der Waals surface area contributed by atoms with E-state index in [1.807, 2.05) is 0 Å². The number of benzene rings is 2. The molecule has 0 aromatic heterocycles. The smallest absolute Gasteiger partial charge is 0.323 e. The van der Waals surface area contributed by atoms with E-state index in [4.69, 9.17) is 29.9 Å². The second kappa shape index (κ2) is 24.2. The molecule has 4 N–H and O–H groups in total. The van der Waals surface area contributed by atoms with Crippen molar-refractivity contribution in [1.29, 1.82) is 0 Å². The maximum Gasteiger partial charge on any atom is 0.323 e. The SMILES string of the molecule is O=C(O)CN(CC(=O)O)c1ccc(F)cc1OCCOc1cc(F)ccc1N(CC(=O)O)CC(=O)O.[K].[K].[K].[K]. The number of hydrogen-bond acceptors (Lipinski definition) is 8. The van der Waals surface area contributed by atoms with Gasteiger partial charge in [0.05, 0.1) is 11.4 Å². The molecular weight excluding hydrogens is 647 g/mol. The van der Waals surface area contributed by atoms with Crippen LogP contribution in [-0.2, 0) is 19.2 Å². The van der Waals surface area contributed by atoms with Crippen molar-refractivity contribution in [3.63, 3.8) is 0 Å². The second-order valence-electron chi connectivity index (χ2n) is 7.21. The summed E-state index contributed by atoms with van der Waals surface area (Å²) in [5, 5.41) is 36.3. The Morgan fingerprint density at radius 2 is 0.850 bits per heavy atom. The van der Waals surface area contributed by atoms with Crippen molar-refractivity contribution in [1.82, 2.24) is 0 Å². The number of carbonyl (C=O) groups is 4. The molecule has 2 rings (SSSR count). The van der Waals surface area contributed by atoms with Crippen LogP contribution < -0.4 is 19.3 Å². The fraction of sp³-hybridized carbons (Fsp3) is 0.273. The molecule has 0 atom stereocenters. The van der Waals surface area contributed by atoms with E-state index in [1.54, 1.807) is 0 Å². The van der Waals surface area contributed by atoms with Crippen LogP contribution in [0.3, 0.4) is 0 Å². The fourth-order valence-electron chi connectivity index (χ4n) is 3.14. The summed E-state index contributed by atoms with van der Waals surface area (Å²) in [7, 11) is 0. The summed E-state index contributed by atoms with van der Waals surface area (Å²) in [6.07, 6.45) is 0. The summed E-state index contributed by atoms with van der Waals surface area (Å²) in [6.45, 7) is -3.45. The topological polar surface area (TPSA) is 174 Å². The number of carboxylic acid groups (broad SMARTS) is 4. The van der Waals surface area contributed by atoms with Crippen LogP contribution >= 0.6 is 0 Å². The minimum atomic E-state index is -1.33. The van der Waals surface area contributed by atoms with Gasteiger partial charge in [0.15, 0.2) is 0 Å². The minimum absolute atomic E-state index is 0. The average molecular weight is 669 g/mol. The number of aliphatic carboxylic acids is 4. The van der Waals surface area contributed by atoms with E-state index >= 15 is 0 Å². The molecule has 0 saturated heterocycles. The zero-order valence-electron chi connectivity index (χ0n) is 22.6. The summed E-state index contributed by atoms with van der Waals surface area (Å²) in [5.41, 5.74) is -0.0246. The predicted molar refractivity (Wildman–Crippen MR) is 142 cm³/mol. The molecule has 0 amide bonds. The summed E-state index contributed by atoms with van der Waals surface area (Å²) >= 11 is 0. The third kappa shape index (κ3) is 17.4. The van der Waals surface area contributed by atoms with Gasteiger partial charge in [-0.15, -0.1) is 0 Å². The molecule has 0 aliphatic carbocycles. The Morgan fingerprint density at radius 1 is 0.575 bits per heavy atom. The van der Waals surface area contributed by atoms with Crippen LogP contribution in [0.25, 0.3) is 0 Å². The molecule has 198 valence electrons. The normalized spacial score (nSPS) is 9.35. The number of ether oxygens (including phenoxy) is 2. The van der Waals surface area contributed by atoms with Gasteiger partial charge in [-0.05, 0) is 24.3 Å². The Bertz CT molecular complexity index is 1030. The van der Waals surface area contributed by atoms with Crippen molar-refractivity contribution in [2.75, 3.05) is 49.2 Å². The van der Waals surface area contributed by atoms with Gasteiger partial charge in [0.1, 0.15) is 62.5 Å². The van der Waals surface area contributed by atoms with Crippen molar-refractivity contribution < 1.29 is 57.9 Å². The molecular formula is C22H22F2K4N2O10. The Hall–Kier alpha value is 1.93. The third-order valence-corrected chi connectivity index (χ3v) is 4.43. The molecule has 12 nitrogen and oxygen atoms in total. The van der Waals surface area contributed by atoms with Gasteiger partial charge in [-0.1, -0.05) is 0 Å². The van der Waals surface area contributed by atoms with Gasteiger partial charge in [0.2, 0.25) is 0 Å². The first-order valence-electron chi connectivity index (χ1n) is 10.2. The third-order valence-electron chi connectivity index (χ3n) is 4.43. The molecule has 0 bridgehead atoms. The van der Waals surface area contributed by atoms with Gasteiger partial charge in [-0.3, -0.25) is 19.2 Å². The Kier molecular flexibility index (Phi) is 28.0. The van der Waals surface area contributed by atoms with Gasteiger partial charge in [0, 0.05) is 218 Å². The van der Waals surface area contributed by atoms with Gasteiger partial charge in [-0.25, -0.2) is 8.78 Å². The van der Waals surface area contributed by atoms with E-state index in [9.17, 15) is 28.0 Å². The standard InChI is InChI=1S/C22H22F2N2O10.4K/c23-13-1-3-15(25(9-19(27)28)10-20(29)30)17(7-13)35-5-6-36-18-8-14(24)2-4-16(18)26(11-21(31)32)12-22(33)34;;;;/h1-4,7-8H,5-6,9-12H2,(H,27,28)(H,29,30)(H,31,32)(H,33,34);;;;. The molecule has 0 heterocycles. The zero-order chi connectivity index (χ0) is 26.8. The number of hydrogen-bond donors (Lipinski definition) is 4. The number of anilines is 2. The van der Waals surface area contributed by atoms with Gasteiger partial charge in [0.25, 0.3) is 0 Å². The van der Waals surface area contributed by atoms with Crippen LogP contribution in [0.1, 0.15) is 0 Å². The first kappa shape index (κ1) is 46.3. The maximum atomic E-state index is 13.8. The first-order valence-corrected chi connectivity index (χ1v) is 10.2. The molecule has 0 aliphatic heterocycles. The first-order chi connectivity index (χ1) is 17.0. The number of rotatable bonds is 15. The van der Waals surface area contributed by atoms with Crippen molar-refractivity contribution in [2.45, 2.75) is 0 Å². The largest absolute Gasteiger partial charge is 0.488 e. The average Bonchev–Trinajstić information content (AvgIpc) is 2.74. The summed E-state index contributed by atoms with van der Waals surface area (Å²) in [5.74, 6) is -7.18. The molecule has 4 radical (unpaired) electrons. The van der Waals surface area contributed by atoms with Crippen LogP contribution in [0.15, 0.2) is 36.4 Å². The summed E-state index contributed by atoms with van der Waals surface area (Å²) in [6, 6.07) is 6.12. The van der Waals surface area contributed by atoms with Crippen molar-refractivity contribution >= 4 is 241 Å². The van der Waals surface area contributed by atoms with Gasteiger partial charge < -0.3 is 39.7 Å². The number of nitrogens with zero attached hydrogens (tertiary/aromatic N) is 2. The van der Waals surface area contributed by atoms with E-state index in [1.165, 1.54) is 0 Å². The van der Waals surface area contributed by atoms with Crippen LogP contribution in [0, 0.1) is 11.6 Å². The number of carboxylic acids is 4. The monoisotopic (exact) mass is 668 g/mol. The summed E-state index contributed by atoms with van der Waals surface area (Å²) in [4.78, 5) is 46.4.